The number of anilines is 1. The van der Waals surface area contributed by atoms with Crippen LogP contribution in [0.3, 0.4) is 0 Å². The molecule has 0 atom stereocenters. The normalized spacial score (nSPS) is 10.5. The van der Waals surface area contributed by atoms with Crippen molar-refractivity contribution in [3.05, 3.63) is 22.0 Å². The summed E-state index contributed by atoms with van der Waals surface area (Å²) in [5.41, 5.74) is 3.37. The highest BCUT2D eigenvalue weighted by molar-refractivity contribution is 5.45. The highest BCUT2D eigenvalue weighted by Gasteiger charge is 2.15. The smallest absolute Gasteiger partial charge is 0.280 e. The number of H-pyrrole nitrogens is 1. The Bertz CT molecular complexity index is 362. The number of nitrogens with two attached hydrogens (primary N) is 1. The second kappa shape index (κ2) is 3.42. The second-order valence-corrected chi connectivity index (χ2v) is 2.33. The lowest BCUT2D eigenvalue weighted by Crippen LogP contribution is -2.13. The van der Waals surface area contributed by atoms with Gasteiger partial charge in [0.2, 0.25) is 5.43 Å². The van der Waals surface area contributed by atoms with Crippen molar-refractivity contribution in [3.8, 4) is 5.88 Å². The highest BCUT2D eigenvalue weighted by Crippen LogP contribution is 2.21. The van der Waals surface area contributed by atoms with Crippen molar-refractivity contribution in [3.63, 3.8) is 0 Å². The van der Waals surface area contributed by atoms with Gasteiger partial charge in [-0.2, -0.15) is 0 Å². The minimum absolute atomic E-state index is 0.0329. The Morgan fingerprint density at radius 3 is 2.69 bits per heavy atom. The predicted octanol–water partition coefficient (Wildman–Crippen LogP) is 0.903. The topological polar surface area (TPSA) is 68.1 Å². The van der Waals surface area contributed by atoms with E-state index in [1.54, 1.807) is 0 Å². The molecule has 0 bridgehead atoms. The van der Waals surface area contributed by atoms with Crippen molar-refractivity contribution in [1.82, 2.24) is 4.98 Å². The van der Waals surface area contributed by atoms with Crippen molar-refractivity contribution < 1.29 is 13.5 Å². The molecule has 0 saturated heterocycles. The summed E-state index contributed by atoms with van der Waals surface area (Å²) < 4.78 is 29.0. The molecule has 0 spiro atoms. The van der Waals surface area contributed by atoms with Gasteiger partial charge in [-0.25, -0.2) is 8.78 Å². The second-order valence-electron chi connectivity index (χ2n) is 2.33. The van der Waals surface area contributed by atoms with E-state index >= 15 is 0 Å². The van der Waals surface area contributed by atoms with E-state index in [1.165, 1.54) is 7.11 Å². The van der Waals surface area contributed by atoms with Crippen LogP contribution < -0.4 is 15.9 Å². The maximum Gasteiger partial charge on any atom is 0.280 e. The molecule has 4 nitrogen and oxygen atoms in total. The molecule has 0 aliphatic carbocycles. The maximum absolute atomic E-state index is 12.2. The molecule has 1 aromatic heterocycles. The van der Waals surface area contributed by atoms with Crippen LogP contribution in [0.4, 0.5) is 14.5 Å². The fraction of sp³-hybridized carbons (Fsp3) is 0.286. The van der Waals surface area contributed by atoms with Crippen LogP contribution in [0.1, 0.15) is 12.1 Å². The van der Waals surface area contributed by atoms with Gasteiger partial charge in [-0.05, 0) is 0 Å². The minimum atomic E-state index is -2.82. The molecule has 0 amide bonds. The molecular weight excluding hydrogens is 182 g/mol. The molecule has 0 aliphatic heterocycles. The van der Waals surface area contributed by atoms with Crippen LogP contribution in [0, 0.1) is 0 Å². The van der Waals surface area contributed by atoms with E-state index < -0.39 is 23.2 Å². The number of pyridine rings is 1. The number of alkyl halides is 2. The first kappa shape index (κ1) is 9.50. The van der Waals surface area contributed by atoms with Crippen LogP contribution in [0.5, 0.6) is 5.88 Å². The van der Waals surface area contributed by atoms with Crippen molar-refractivity contribution in [2.45, 2.75) is 6.43 Å². The van der Waals surface area contributed by atoms with E-state index in [2.05, 4.69) is 9.72 Å². The van der Waals surface area contributed by atoms with Crippen molar-refractivity contribution >= 4 is 5.69 Å². The monoisotopic (exact) mass is 190 g/mol. The average molecular weight is 190 g/mol. The van der Waals surface area contributed by atoms with E-state index in [0.29, 0.717) is 0 Å². The van der Waals surface area contributed by atoms with Gasteiger partial charge in [0.05, 0.1) is 7.11 Å². The summed E-state index contributed by atoms with van der Waals surface area (Å²) in [6.45, 7) is 0. The third kappa shape index (κ3) is 1.77. The molecule has 6 heteroatoms. The molecule has 3 N–H and O–H groups in total. The van der Waals surface area contributed by atoms with Gasteiger partial charge in [-0.3, -0.25) is 4.79 Å². The van der Waals surface area contributed by atoms with Gasteiger partial charge in [0.1, 0.15) is 11.4 Å². The van der Waals surface area contributed by atoms with Gasteiger partial charge >= 0.3 is 0 Å². The van der Waals surface area contributed by atoms with Gasteiger partial charge in [0.25, 0.3) is 6.43 Å². The first-order valence-corrected chi connectivity index (χ1v) is 3.41. The van der Waals surface area contributed by atoms with E-state index in [-0.39, 0.29) is 5.88 Å². The molecule has 0 aliphatic rings. The SMILES string of the molecule is COc1cc(=O)c(N)c(C(F)F)[nH]1. The predicted molar refractivity (Wildman–Crippen MR) is 43.0 cm³/mol. The largest absolute Gasteiger partial charge is 0.482 e. The van der Waals surface area contributed by atoms with Gasteiger partial charge in [-0.1, -0.05) is 0 Å². The molecule has 0 aromatic carbocycles. The summed E-state index contributed by atoms with van der Waals surface area (Å²) >= 11 is 0. The zero-order valence-electron chi connectivity index (χ0n) is 6.80. The third-order valence-electron chi connectivity index (χ3n) is 1.51. The molecule has 0 fully saturated rings. The fourth-order valence-electron chi connectivity index (χ4n) is 0.848. The lowest BCUT2D eigenvalue weighted by Gasteiger charge is -2.06. The Morgan fingerprint density at radius 1 is 1.62 bits per heavy atom. The van der Waals surface area contributed by atoms with Crippen LogP contribution in [0.15, 0.2) is 10.9 Å². The number of nitrogen functional groups attached to an aromatic ring is 1. The molecule has 0 saturated carbocycles. The van der Waals surface area contributed by atoms with Gasteiger partial charge in [0, 0.05) is 6.07 Å². The summed E-state index contributed by atoms with van der Waals surface area (Å²) in [6, 6.07) is 1.02. The van der Waals surface area contributed by atoms with Crippen LogP contribution >= 0.6 is 0 Å². The molecule has 1 heterocycles. The number of nitrogens with one attached hydrogen (secondary N) is 1. The molecule has 1 rings (SSSR count). The molecule has 72 valence electrons. The third-order valence-corrected chi connectivity index (χ3v) is 1.51. The molecule has 13 heavy (non-hydrogen) atoms. The molecule has 0 unspecified atom stereocenters. The number of rotatable bonds is 2. The van der Waals surface area contributed by atoms with E-state index in [4.69, 9.17) is 5.73 Å². The lowest BCUT2D eigenvalue weighted by atomic mass is 10.3. The lowest BCUT2D eigenvalue weighted by molar-refractivity contribution is 0.146. The first-order chi connectivity index (χ1) is 6.06. The number of aromatic nitrogens is 1. The van der Waals surface area contributed by atoms with Crippen LogP contribution in [0.25, 0.3) is 0 Å². The first-order valence-electron chi connectivity index (χ1n) is 3.41. The summed E-state index contributed by atoms with van der Waals surface area (Å²) in [5, 5.41) is 0. The zero-order chi connectivity index (χ0) is 10.0. The molecule has 0 radical (unpaired) electrons. The number of halogens is 2. The van der Waals surface area contributed by atoms with E-state index in [9.17, 15) is 13.6 Å². The Labute approximate surface area is 72.3 Å². The van der Waals surface area contributed by atoms with Crippen LogP contribution in [-0.4, -0.2) is 12.1 Å². The van der Waals surface area contributed by atoms with Crippen LogP contribution in [0.2, 0.25) is 0 Å². The quantitative estimate of drug-likeness (QED) is 0.728. The average Bonchev–Trinajstić information content (AvgIpc) is 2.09. The van der Waals surface area contributed by atoms with Gasteiger partial charge in [-0.15, -0.1) is 0 Å². The number of aromatic amines is 1. The van der Waals surface area contributed by atoms with E-state index in [0.717, 1.165) is 6.07 Å². The van der Waals surface area contributed by atoms with Gasteiger partial charge in [0.15, 0.2) is 5.88 Å². The Hall–Kier alpha value is -1.59. The summed E-state index contributed by atoms with van der Waals surface area (Å²) in [4.78, 5) is 13.2. The highest BCUT2D eigenvalue weighted by atomic mass is 19.3. The summed E-state index contributed by atoms with van der Waals surface area (Å²) in [6.07, 6.45) is -2.82. The molecular formula is C7H8F2N2O2. The van der Waals surface area contributed by atoms with Crippen molar-refractivity contribution in [2.75, 3.05) is 12.8 Å². The van der Waals surface area contributed by atoms with Gasteiger partial charge < -0.3 is 15.5 Å². The Morgan fingerprint density at radius 2 is 2.23 bits per heavy atom. The summed E-state index contributed by atoms with van der Waals surface area (Å²) in [7, 11) is 1.26. The van der Waals surface area contributed by atoms with Crippen LogP contribution in [-0.2, 0) is 0 Å². The number of methoxy groups -OCH3 is 1. The summed E-state index contributed by atoms with van der Waals surface area (Å²) in [5.74, 6) is -0.0329. The Kier molecular flexibility index (Phi) is 2.50. The minimum Gasteiger partial charge on any atom is -0.482 e. The fourth-order valence-corrected chi connectivity index (χ4v) is 0.848. The molecule has 1 aromatic rings. The van der Waals surface area contributed by atoms with Crippen molar-refractivity contribution in [2.24, 2.45) is 0 Å². The zero-order valence-corrected chi connectivity index (χ0v) is 6.80. The van der Waals surface area contributed by atoms with E-state index in [1.807, 2.05) is 0 Å². The Balaban J connectivity index is 3.33. The number of ether oxygens (including phenoxy) is 1. The number of hydrogen-bond acceptors (Lipinski definition) is 3. The maximum atomic E-state index is 12.2. The number of hydrogen-bond donors (Lipinski definition) is 2. The van der Waals surface area contributed by atoms with Crippen molar-refractivity contribution in [1.29, 1.82) is 0 Å². The standard InChI is InChI=1S/C7H8F2N2O2/c1-13-4-2-3(12)5(10)6(11-4)7(8)9/h2,7H,10H2,1H3,(H,11,12).